The van der Waals surface area contributed by atoms with Gasteiger partial charge >= 0.3 is 0 Å². The quantitative estimate of drug-likeness (QED) is 0.601. The van der Waals surface area contributed by atoms with E-state index in [1.807, 2.05) is 24.5 Å². The van der Waals surface area contributed by atoms with E-state index < -0.39 is 0 Å². The minimum Gasteiger partial charge on any atom is -0.464 e. The van der Waals surface area contributed by atoms with Crippen LogP contribution >= 0.6 is 0 Å². The van der Waals surface area contributed by atoms with E-state index in [2.05, 4.69) is 37.0 Å². The fraction of sp³-hybridized carbons (Fsp3) is 0.200. The van der Waals surface area contributed by atoms with Gasteiger partial charge in [0.25, 0.3) is 0 Å². The molecule has 0 spiro atoms. The van der Waals surface area contributed by atoms with Gasteiger partial charge in [0, 0.05) is 28.9 Å². The Morgan fingerprint density at radius 1 is 1.26 bits per heavy atom. The molecule has 3 aromatic rings. The molecule has 0 radical (unpaired) electrons. The molecule has 23 heavy (non-hydrogen) atoms. The molecule has 0 aliphatic heterocycles. The molecule has 0 aromatic carbocycles. The van der Waals surface area contributed by atoms with Crippen LogP contribution in [0.15, 0.2) is 60.5 Å². The molecule has 116 valence electrons. The van der Waals surface area contributed by atoms with Crippen molar-refractivity contribution in [1.82, 2.24) is 9.97 Å². The highest BCUT2D eigenvalue weighted by Gasteiger charge is 2.15. The van der Waals surface area contributed by atoms with E-state index in [9.17, 15) is 0 Å². The molecule has 0 aliphatic carbocycles. The Balaban J connectivity index is 2.18. The van der Waals surface area contributed by atoms with Gasteiger partial charge in [-0.25, -0.2) is 0 Å². The second-order valence-corrected chi connectivity index (χ2v) is 6.05. The fourth-order valence-corrected chi connectivity index (χ4v) is 2.71. The predicted molar refractivity (Wildman–Crippen MR) is 95.0 cm³/mol. The summed E-state index contributed by atoms with van der Waals surface area (Å²) in [6, 6.07) is 5.87. The largest absolute Gasteiger partial charge is 0.464 e. The molecule has 3 heterocycles. The molecule has 0 N–H and O–H groups in total. The fourth-order valence-electron chi connectivity index (χ4n) is 2.71. The maximum atomic E-state index is 5.72. The second kappa shape index (κ2) is 6.21. The molecule has 3 heteroatoms. The van der Waals surface area contributed by atoms with Gasteiger partial charge in [-0.1, -0.05) is 33.1 Å². The lowest BCUT2D eigenvalue weighted by molar-refractivity contribution is 0.594. The summed E-state index contributed by atoms with van der Waals surface area (Å²) in [5.41, 5.74) is 5.60. The second-order valence-electron chi connectivity index (χ2n) is 6.05. The van der Waals surface area contributed by atoms with Gasteiger partial charge in [-0.05, 0) is 36.1 Å². The van der Waals surface area contributed by atoms with E-state index in [0.29, 0.717) is 5.92 Å². The van der Waals surface area contributed by atoms with Crippen molar-refractivity contribution in [2.45, 2.75) is 20.3 Å². The highest BCUT2D eigenvalue weighted by atomic mass is 16.3. The number of rotatable bonds is 5. The maximum Gasteiger partial charge on any atom is 0.137 e. The van der Waals surface area contributed by atoms with Crippen LogP contribution in [0.2, 0.25) is 0 Å². The Bertz CT molecular complexity index is 874. The number of nitrogens with zero attached hydrogens (tertiary/aromatic N) is 2. The van der Waals surface area contributed by atoms with E-state index in [1.165, 1.54) is 5.56 Å². The van der Waals surface area contributed by atoms with Gasteiger partial charge in [0.15, 0.2) is 0 Å². The van der Waals surface area contributed by atoms with Gasteiger partial charge in [-0.2, -0.15) is 0 Å². The first-order chi connectivity index (χ1) is 11.1. The summed E-state index contributed by atoms with van der Waals surface area (Å²) in [6.45, 7) is 12.1. The lowest BCUT2D eigenvalue weighted by atomic mass is 9.99. The topological polar surface area (TPSA) is 38.9 Å². The lowest BCUT2D eigenvalue weighted by Gasteiger charge is -2.08. The Hall–Kier alpha value is -2.68. The molecule has 3 aromatic heterocycles. The average molecular weight is 304 g/mol. The number of aromatic nitrogens is 2. The summed E-state index contributed by atoms with van der Waals surface area (Å²) in [4.78, 5) is 8.95. The van der Waals surface area contributed by atoms with Gasteiger partial charge in [0.1, 0.15) is 5.58 Å². The van der Waals surface area contributed by atoms with Crippen molar-refractivity contribution in [2.75, 3.05) is 0 Å². The molecule has 0 bridgehead atoms. The summed E-state index contributed by atoms with van der Waals surface area (Å²) in [5.74, 6) is 0.553. The summed E-state index contributed by atoms with van der Waals surface area (Å²) in [5, 5.41) is 1.09. The standard InChI is InChI=1S/C20H20N2O/c1-5-14(4)17-11-15(6-8-21-17)20-19-16(10-13(2)3)12-23-18(19)7-9-22-20/h5-9,11-13H,1,4,10H2,2-3H3. The van der Waals surface area contributed by atoms with Crippen molar-refractivity contribution >= 4 is 16.5 Å². The van der Waals surface area contributed by atoms with E-state index in [0.717, 1.165) is 39.9 Å². The molecule has 0 amide bonds. The molecule has 0 unspecified atom stereocenters. The van der Waals surface area contributed by atoms with Gasteiger partial charge in [-0.3, -0.25) is 9.97 Å². The zero-order chi connectivity index (χ0) is 16.4. The zero-order valence-electron chi connectivity index (χ0n) is 13.5. The Morgan fingerprint density at radius 3 is 2.78 bits per heavy atom. The highest BCUT2D eigenvalue weighted by Crippen LogP contribution is 2.32. The first-order valence-corrected chi connectivity index (χ1v) is 7.73. The van der Waals surface area contributed by atoms with Crippen LogP contribution in [-0.4, -0.2) is 9.97 Å². The van der Waals surface area contributed by atoms with Crippen molar-refractivity contribution < 1.29 is 4.42 Å². The number of hydrogen-bond acceptors (Lipinski definition) is 3. The van der Waals surface area contributed by atoms with Crippen molar-refractivity contribution in [3.8, 4) is 11.3 Å². The Labute approximate surface area is 136 Å². The number of allylic oxidation sites excluding steroid dienone is 2. The molecule has 0 atom stereocenters. The smallest absolute Gasteiger partial charge is 0.137 e. The first kappa shape index (κ1) is 15.2. The van der Waals surface area contributed by atoms with E-state index in [-0.39, 0.29) is 0 Å². The van der Waals surface area contributed by atoms with Crippen LogP contribution < -0.4 is 0 Å². The van der Waals surface area contributed by atoms with Gasteiger partial charge in [-0.15, -0.1) is 0 Å². The zero-order valence-corrected chi connectivity index (χ0v) is 13.5. The number of pyridine rings is 2. The number of fused-ring (bicyclic) bond motifs is 1. The monoisotopic (exact) mass is 304 g/mol. The minimum atomic E-state index is 0.553. The van der Waals surface area contributed by atoms with Crippen LogP contribution in [0.1, 0.15) is 25.1 Å². The predicted octanol–water partition coefficient (Wildman–Crippen LogP) is 5.29. The Kier molecular flexibility index (Phi) is 4.11. The average Bonchev–Trinajstić information content (AvgIpc) is 2.96. The van der Waals surface area contributed by atoms with Crippen LogP contribution in [0.4, 0.5) is 0 Å². The van der Waals surface area contributed by atoms with Crippen LogP contribution in [0.25, 0.3) is 27.8 Å². The molecule has 0 fully saturated rings. The van der Waals surface area contributed by atoms with Crippen LogP contribution in [0, 0.1) is 5.92 Å². The van der Waals surface area contributed by atoms with E-state index >= 15 is 0 Å². The van der Waals surface area contributed by atoms with Crippen LogP contribution in [0.3, 0.4) is 0 Å². The van der Waals surface area contributed by atoms with Crippen molar-refractivity contribution in [2.24, 2.45) is 5.92 Å². The molecular formula is C20H20N2O. The van der Waals surface area contributed by atoms with Gasteiger partial charge in [0.05, 0.1) is 17.7 Å². The molecular weight excluding hydrogens is 284 g/mol. The minimum absolute atomic E-state index is 0.553. The van der Waals surface area contributed by atoms with Gasteiger partial charge < -0.3 is 4.42 Å². The molecule has 0 saturated heterocycles. The summed E-state index contributed by atoms with van der Waals surface area (Å²) >= 11 is 0. The van der Waals surface area contributed by atoms with Crippen molar-refractivity contribution in [3.63, 3.8) is 0 Å². The third-order valence-electron chi connectivity index (χ3n) is 3.80. The molecule has 0 saturated carbocycles. The van der Waals surface area contributed by atoms with E-state index in [4.69, 9.17) is 4.42 Å². The highest BCUT2D eigenvalue weighted by molar-refractivity contribution is 5.94. The third-order valence-corrected chi connectivity index (χ3v) is 3.80. The molecule has 0 aliphatic rings. The van der Waals surface area contributed by atoms with Crippen molar-refractivity contribution in [3.05, 3.63) is 67.3 Å². The molecule has 3 rings (SSSR count). The maximum absolute atomic E-state index is 5.72. The number of hydrogen-bond donors (Lipinski definition) is 0. The third kappa shape index (κ3) is 2.95. The summed E-state index contributed by atoms with van der Waals surface area (Å²) < 4.78 is 5.72. The summed E-state index contributed by atoms with van der Waals surface area (Å²) in [6.07, 6.45) is 8.08. The SMILES string of the molecule is C=CC(=C)c1cc(-c2nccc3occ(CC(C)C)c23)ccn1. The molecule has 3 nitrogen and oxygen atoms in total. The first-order valence-electron chi connectivity index (χ1n) is 7.73. The van der Waals surface area contributed by atoms with Crippen LogP contribution in [-0.2, 0) is 6.42 Å². The van der Waals surface area contributed by atoms with Gasteiger partial charge in [0.2, 0.25) is 0 Å². The normalized spacial score (nSPS) is 11.1. The lowest BCUT2D eigenvalue weighted by Crippen LogP contribution is -1.95. The van der Waals surface area contributed by atoms with E-state index in [1.54, 1.807) is 18.5 Å². The van der Waals surface area contributed by atoms with Crippen molar-refractivity contribution in [1.29, 1.82) is 0 Å². The summed E-state index contributed by atoms with van der Waals surface area (Å²) in [7, 11) is 0. The Morgan fingerprint density at radius 2 is 2.04 bits per heavy atom. The van der Waals surface area contributed by atoms with Crippen LogP contribution in [0.5, 0.6) is 0 Å². The number of furan rings is 1.